The van der Waals surface area contributed by atoms with E-state index in [0.29, 0.717) is 0 Å². The molecule has 5 atom stereocenters. The molecular formula is C8H15NO9S. The number of carbonyl (C=O) groups excluding carboxylic acids is 1. The van der Waals surface area contributed by atoms with Gasteiger partial charge in [-0.2, -0.15) is 8.42 Å². The highest BCUT2D eigenvalue weighted by Gasteiger charge is 2.47. The van der Waals surface area contributed by atoms with Gasteiger partial charge in [0.15, 0.2) is 6.29 Å². The van der Waals surface area contributed by atoms with Gasteiger partial charge in [-0.05, 0) is 0 Å². The van der Waals surface area contributed by atoms with E-state index in [4.69, 9.17) is 14.4 Å². The lowest BCUT2D eigenvalue weighted by Gasteiger charge is -2.41. The van der Waals surface area contributed by atoms with Gasteiger partial charge in [0.25, 0.3) is 0 Å². The number of rotatable bonds is 4. The average Bonchev–Trinajstić information content (AvgIpc) is 2.26. The molecule has 0 spiro atoms. The molecular weight excluding hydrogens is 286 g/mol. The van der Waals surface area contributed by atoms with Crippen LogP contribution in [0.4, 0.5) is 0 Å². The fourth-order valence-corrected chi connectivity index (χ4v) is 2.24. The topological polar surface area (TPSA) is 163 Å². The minimum Gasteiger partial charge on any atom is -0.394 e. The van der Waals surface area contributed by atoms with Crippen molar-refractivity contribution in [2.75, 3.05) is 6.61 Å². The Morgan fingerprint density at radius 1 is 1.42 bits per heavy atom. The van der Waals surface area contributed by atoms with Crippen molar-refractivity contribution in [2.45, 2.75) is 37.6 Å². The molecule has 10 nitrogen and oxygen atoms in total. The molecule has 5 N–H and O–H groups in total. The summed E-state index contributed by atoms with van der Waals surface area (Å²) in [6, 6.07) is -1.43. The monoisotopic (exact) mass is 301 g/mol. The van der Waals surface area contributed by atoms with Crippen molar-refractivity contribution in [2.24, 2.45) is 0 Å². The predicted octanol–water partition coefficient (Wildman–Crippen LogP) is -3.25. The number of nitrogens with one attached hydrogen (secondary N) is 1. The number of amides is 1. The van der Waals surface area contributed by atoms with E-state index in [1.54, 1.807) is 0 Å². The Kier molecular flexibility index (Phi) is 5.20. The number of ether oxygens (including phenoxy) is 1. The van der Waals surface area contributed by atoms with Gasteiger partial charge in [0.2, 0.25) is 5.91 Å². The molecule has 1 heterocycles. The molecule has 0 aromatic carbocycles. The van der Waals surface area contributed by atoms with Gasteiger partial charge in [-0.3, -0.25) is 9.35 Å². The van der Waals surface area contributed by atoms with Crippen LogP contribution in [0.5, 0.6) is 0 Å². The summed E-state index contributed by atoms with van der Waals surface area (Å²) in [7, 11) is -4.94. The highest BCUT2D eigenvalue weighted by atomic mass is 32.3. The Balaban J connectivity index is 3.00. The summed E-state index contributed by atoms with van der Waals surface area (Å²) < 4.78 is 39.0. The van der Waals surface area contributed by atoms with Crippen molar-refractivity contribution >= 4 is 16.3 Å². The van der Waals surface area contributed by atoms with Gasteiger partial charge < -0.3 is 25.4 Å². The first-order valence-corrected chi connectivity index (χ1v) is 6.57. The number of aliphatic hydroxyl groups excluding tert-OH is 3. The third-order valence-corrected chi connectivity index (χ3v) is 2.94. The molecule has 0 aromatic heterocycles. The molecule has 1 amide bonds. The van der Waals surface area contributed by atoms with Crippen LogP contribution in [0, 0.1) is 0 Å². The maximum absolute atomic E-state index is 11.0. The first-order valence-electron chi connectivity index (χ1n) is 5.21. The normalized spacial score (nSPS) is 35.9. The lowest BCUT2D eigenvalue weighted by atomic mass is 9.97. The quantitative estimate of drug-likeness (QED) is 0.335. The molecule has 112 valence electrons. The van der Waals surface area contributed by atoms with E-state index in [1.807, 2.05) is 0 Å². The van der Waals surface area contributed by atoms with Crippen molar-refractivity contribution in [3.8, 4) is 0 Å². The molecule has 11 heteroatoms. The van der Waals surface area contributed by atoms with Crippen molar-refractivity contribution in [3.05, 3.63) is 0 Å². The van der Waals surface area contributed by atoms with Crippen LogP contribution in [0.2, 0.25) is 0 Å². The van der Waals surface area contributed by atoms with Gasteiger partial charge in [-0.1, -0.05) is 0 Å². The van der Waals surface area contributed by atoms with E-state index >= 15 is 0 Å². The van der Waals surface area contributed by atoms with Gasteiger partial charge in [0.05, 0.1) is 6.61 Å². The van der Waals surface area contributed by atoms with Crippen LogP contribution in [-0.4, -0.2) is 71.4 Å². The Morgan fingerprint density at radius 2 is 2.00 bits per heavy atom. The third kappa shape index (κ3) is 4.35. The van der Waals surface area contributed by atoms with Crippen LogP contribution in [0.25, 0.3) is 0 Å². The largest absolute Gasteiger partial charge is 0.397 e. The Bertz CT molecular complexity index is 424. The minimum absolute atomic E-state index is 0.647. The first kappa shape index (κ1) is 16.2. The van der Waals surface area contributed by atoms with E-state index in [0.717, 1.165) is 6.92 Å². The molecule has 1 fully saturated rings. The number of carbonyl (C=O) groups is 1. The molecule has 0 saturated carbocycles. The zero-order valence-electron chi connectivity index (χ0n) is 9.83. The van der Waals surface area contributed by atoms with Gasteiger partial charge in [0.1, 0.15) is 24.4 Å². The van der Waals surface area contributed by atoms with Gasteiger partial charge >= 0.3 is 10.4 Å². The standard InChI is InChI=1S/C8H15NO9S/c1-3(11)9-5-7(18-19(14,15)16)6(12)4(2-10)17-8(5)13/h4-8,10,12-13H,2H2,1H3,(H,9,11)(H,14,15,16)/t4-,5-,6-,7-,8?/m1/s1. The van der Waals surface area contributed by atoms with E-state index in [1.165, 1.54) is 0 Å². The van der Waals surface area contributed by atoms with Gasteiger partial charge in [-0.25, -0.2) is 4.18 Å². The van der Waals surface area contributed by atoms with Crippen molar-refractivity contribution in [1.29, 1.82) is 0 Å². The van der Waals surface area contributed by atoms with Crippen molar-refractivity contribution in [1.82, 2.24) is 5.32 Å². The molecule has 1 saturated heterocycles. The first-order chi connectivity index (χ1) is 8.65. The molecule has 0 radical (unpaired) electrons. The second-order valence-electron chi connectivity index (χ2n) is 3.95. The Morgan fingerprint density at radius 3 is 2.42 bits per heavy atom. The molecule has 1 rings (SSSR count). The maximum Gasteiger partial charge on any atom is 0.397 e. The second kappa shape index (κ2) is 6.09. The molecule has 0 aromatic rings. The van der Waals surface area contributed by atoms with Crippen molar-refractivity contribution in [3.63, 3.8) is 0 Å². The summed E-state index contributed by atoms with van der Waals surface area (Å²) in [5.74, 6) is -0.647. The van der Waals surface area contributed by atoms with Crippen LogP contribution >= 0.6 is 0 Å². The van der Waals surface area contributed by atoms with Gasteiger partial charge in [0, 0.05) is 6.92 Å². The summed E-state index contributed by atoms with van der Waals surface area (Å²) in [6.45, 7) is 0.359. The van der Waals surface area contributed by atoms with Crippen molar-refractivity contribution < 1.29 is 42.0 Å². The zero-order valence-corrected chi connectivity index (χ0v) is 10.6. The fourth-order valence-electron chi connectivity index (χ4n) is 1.73. The zero-order chi connectivity index (χ0) is 14.8. The van der Waals surface area contributed by atoms with Crippen LogP contribution in [0.15, 0.2) is 0 Å². The molecule has 1 aliphatic heterocycles. The van der Waals surface area contributed by atoms with Crippen LogP contribution in [0.3, 0.4) is 0 Å². The van der Waals surface area contributed by atoms with E-state index in [-0.39, 0.29) is 0 Å². The van der Waals surface area contributed by atoms with Crippen LogP contribution in [-0.2, 0) is 24.1 Å². The highest BCUT2D eigenvalue weighted by molar-refractivity contribution is 7.80. The lowest BCUT2D eigenvalue weighted by molar-refractivity contribution is -0.249. The molecule has 1 unspecified atom stereocenters. The summed E-state index contributed by atoms with van der Waals surface area (Å²) in [5.41, 5.74) is 0. The van der Waals surface area contributed by atoms with Crippen LogP contribution in [0.1, 0.15) is 6.92 Å². The maximum atomic E-state index is 11.0. The predicted molar refractivity (Wildman–Crippen MR) is 58.0 cm³/mol. The van der Waals surface area contributed by atoms with E-state index in [2.05, 4.69) is 9.50 Å². The summed E-state index contributed by atoms with van der Waals surface area (Å²) >= 11 is 0. The molecule has 19 heavy (non-hydrogen) atoms. The lowest BCUT2D eigenvalue weighted by Crippen LogP contribution is -2.65. The number of aliphatic hydroxyl groups is 3. The molecule has 0 bridgehead atoms. The molecule has 1 aliphatic rings. The smallest absolute Gasteiger partial charge is 0.394 e. The number of hydrogen-bond acceptors (Lipinski definition) is 8. The van der Waals surface area contributed by atoms with Crippen LogP contribution < -0.4 is 5.32 Å². The summed E-state index contributed by atoms with van der Waals surface area (Å²) in [6.07, 6.45) is -6.45. The second-order valence-corrected chi connectivity index (χ2v) is 5.00. The average molecular weight is 301 g/mol. The fraction of sp³-hybridized carbons (Fsp3) is 0.875. The summed E-state index contributed by atoms with van der Waals surface area (Å²) in [5, 5.41) is 30.4. The minimum atomic E-state index is -4.94. The molecule has 0 aliphatic carbocycles. The SMILES string of the molecule is CC(=O)N[C@H]1C(O)O[C@H](CO)[C@@H](O)[C@@H]1OS(=O)(=O)O. The van der Waals surface area contributed by atoms with E-state index in [9.17, 15) is 23.4 Å². The number of hydrogen-bond donors (Lipinski definition) is 5. The van der Waals surface area contributed by atoms with Gasteiger partial charge in [-0.15, -0.1) is 0 Å². The summed E-state index contributed by atoms with van der Waals surface area (Å²) in [4.78, 5) is 11.0. The third-order valence-electron chi connectivity index (χ3n) is 2.48. The van der Waals surface area contributed by atoms with E-state index < -0.39 is 53.6 Å². The Hall–Kier alpha value is -0.820. The Labute approximate surface area is 108 Å². The highest BCUT2D eigenvalue weighted by Crippen LogP contribution is 2.23.